The van der Waals surface area contributed by atoms with Crippen LogP contribution in [0.25, 0.3) is 21.9 Å². The van der Waals surface area contributed by atoms with Crippen LogP contribution in [-0.4, -0.2) is 30.2 Å². The van der Waals surface area contributed by atoms with Crippen LogP contribution < -0.4 is 10.9 Å². The van der Waals surface area contributed by atoms with Crippen LogP contribution in [0.1, 0.15) is 22.8 Å². The first-order valence-corrected chi connectivity index (χ1v) is 10.6. The number of aromatic nitrogens is 5. The third kappa shape index (κ3) is 3.83. The molecule has 0 unspecified atom stereocenters. The van der Waals surface area contributed by atoms with E-state index < -0.39 is 11.7 Å². The number of hydrogen-bond acceptors (Lipinski definition) is 6. The van der Waals surface area contributed by atoms with Crippen LogP contribution in [0.5, 0.6) is 0 Å². The quantitative estimate of drug-likeness (QED) is 0.430. The number of carbonyl (C=O) groups is 1. The molecule has 5 aromatic rings. The SMILES string of the molecule is Cc1ccc2c(c1)c1ncn(Cc3nc(C)no3)c(=O)c1n2CC(=O)Nc1ccc(C)c(F)c1. The number of benzene rings is 2. The summed E-state index contributed by atoms with van der Waals surface area (Å²) in [6, 6.07) is 10.2. The number of hydrogen-bond donors (Lipinski definition) is 1. The van der Waals surface area contributed by atoms with E-state index in [1.165, 1.54) is 17.0 Å². The van der Waals surface area contributed by atoms with Gasteiger partial charge in [0.2, 0.25) is 11.8 Å². The highest BCUT2D eigenvalue weighted by Crippen LogP contribution is 2.26. The van der Waals surface area contributed by atoms with E-state index in [0.717, 1.165) is 10.9 Å². The van der Waals surface area contributed by atoms with Gasteiger partial charge >= 0.3 is 0 Å². The monoisotopic (exact) mass is 460 g/mol. The van der Waals surface area contributed by atoms with Gasteiger partial charge in [-0.1, -0.05) is 22.9 Å². The van der Waals surface area contributed by atoms with Gasteiger partial charge < -0.3 is 14.4 Å². The lowest BCUT2D eigenvalue weighted by Crippen LogP contribution is -2.25. The maximum absolute atomic E-state index is 13.9. The maximum Gasteiger partial charge on any atom is 0.278 e. The molecule has 3 heterocycles. The fourth-order valence-corrected chi connectivity index (χ4v) is 3.96. The molecule has 0 saturated carbocycles. The van der Waals surface area contributed by atoms with Crippen molar-refractivity contribution in [3.8, 4) is 0 Å². The number of nitrogens with zero attached hydrogens (tertiary/aromatic N) is 5. The normalized spacial score (nSPS) is 11.4. The van der Waals surface area contributed by atoms with Gasteiger partial charge in [-0.15, -0.1) is 0 Å². The standard InChI is InChI=1S/C24H21FN6O3/c1-13-4-7-19-17(8-13)22-23(24(33)30(12-26-22)11-21-27-15(3)29-34-21)31(19)10-20(32)28-16-6-5-14(2)18(25)9-16/h4-9,12H,10-11H2,1-3H3,(H,28,32). The van der Waals surface area contributed by atoms with Crippen LogP contribution in [0.15, 0.2) is 52.0 Å². The second-order valence-corrected chi connectivity index (χ2v) is 8.23. The molecule has 0 aliphatic rings. The molecule has 9 nitrogen and oxygen atoms in total. The Morgan fingerprint density at radius 3 is 2.71 bits per heavy atom. The summed E-state index contributed by atoms with van der Waals surface area (Å²) in [6.07, 6.45) is 1.44. The van der Waals surface area contributed by atoms with Crippen molar-refractivity contribution in [3.05, 3.63) is 81.7 Å². The second-order valence-electron chi connectivity index (χ2n) is 8.23. The van der Waals surface area contributed by atoms with E-state index in [2.05, 4.69) is 20.4 Å². The van der Waals surface area contributed by atoms with Gasteiger partial charge in [-0.05, 0) is 50.6 Å². The van der Waals surface area contributed by atoms with Gasteiger partial charge in [0.05, 0.1) is 11.8 Å². The third-order valence-electron chi connectivity index (χ3n) is 5.61. The van der Waals surface area contributed by atoms with Crippen molar-refractivity contribution in [2.45, 2.75) is 33.9 Å². The average molecular weight is 460 g/mol. The highest BCUT2D eigenvalue weighted by Gasteiger charge is 2.19. The zero-order chi connectivity index (χ0) is 24.0. The minimum absolute atomic E-state index is 0.0536. The van der Waals surface area contributed by atoms with Crippen molar-refractivity contribution < 1.29 is 13.7 Å². The van der Waals surface area contributed by atoms with Crippen molar-refractivity contribution in [1.29, 1.82) is 0 Å². The molecule has 0 radical (unpaired) electrons. The molecule has 0 saturated heterocycles. The van der Waals surface area contributed by atoms with E-state index in [0.29, 0.717) is 28.1 Å². The molecule has 172 valence electrons. The number of rotatable bonds is 5. The molecule has 5 rings (SSSR count). The number of fused-ring (bicyclic) bond motifs is 3. The van der Waals surface area contributed by atoms with Crippen molar-refractivity contribution in [3.63, 3.8) is 0 Å². The lowest BCUT2D eigenvalue weighted by molar-refractivity contribution is -0.116. The Hall–Kier alpha value is -4.34. The molecule has 34 heavy (non-hydrogen) atoms. The molecule has 0 aliphatic carbocycles. The predicted molar refractivity (Wildman–Crippen MR) is 124 cm³/mol. The molecule has 10 heteroatoms. The molecular weight excluding hydrogens is 439 g/mol. The Balaban J connectivity index is 1.59. The number of halogens is 1. The minimum Gasteiger partial charge on any atom is -0.337 e. The molecule has 0 atom stereocenters. The van der Waals surface area contributed by atoms with Crippen molar-refractivity contribution >= 4 is 33.5 Å². The van der Waals surface area contributed by atoms with E-state index in [1.54, 1.807) is 30.5 Å². The largest absolute Gasteiger partial charge is 0.337 e. The van der Waals surface area contributed by atoms with Gasteiger partial charge in [-0.2, -0.15) is 4.98 Å². The second kappa shape index (κ2) is 8.22. The number of amides is 1. The average Bonchev–Trinajstić information content (AvgIpc) is 3.33. The van der Waals surface area contributed by atoms with Gasteiger partial charge in [0, 0.05) is 11.1 Å². The van der Waals surface area contributed by atoms with E-state index in [9.17, 15) is 14.0 Å². The maximum atomic E-state index is 13.9. The van der Waals surface area contributed by atoms with E-state index in [4.69, 9.17) is 4.52 Å². The number of aryl methyl sites for hydroxylation is 3. The Bertz CT molecular complexity index is 1630. The number of carbonyl (C=O) groups excluding carboxylic acids is 1. The lowest BCUT2D eigenvalue weighted by Gasteiger charge is -2.10. The summed E-state index contributed by atoms with van der Waals surface area (Å²) in [6.45, 7) is 5.18. The molecule has 1 N–H and O–H groups in total. The molecule has 0 aliphatic heterocycles. The zero-order valence-electron chi connectivity index (χ0n) is 18.8. The van der Waals surface area contributed by atoms with Gasteiger partial charge in [0.1, 0.15) is 29.9 Å². The van der Waals surface area contributed by atoms with Crippen molar-refractivity contribution in [2.75, 3.05) is 5.32 Å². The van der Waals surface area contributed by atoms with Gasteiger partial charge in [-0.25, -0.2) is 9.37 Å². The molecule has 0 bridgehead atoms. The summed E-state index contributed by atoms with van der Waals surface area (Å²) in [7, 11) is 0. The van der Waals surface area contributed by atoms with Crippen molar-refractivity contribution in [1.82, 2.24) is 24.3 Å². The van der Waals surface area contributed by atoms with Crippen LogP contribution in [0.3, 0.4) is 0 Å². The van der Waals surface area contributed by atoms with E-state index in [-0.39, 0.29) is 30.1 Å². The summed E-state index contributed by atoms with van der Waals surface area (Å²) in [4.78, 5) is 35.0. The summed E-state index contributed by atoms with van der Waals surface area (Å²) in [5.41, 5.74) is 2.95. The molecular formula is C24H21FN6O3. The smallest absolute Gasteiger partial charge is 0.278 e. The van der Waals surface area contributed by atoms with Crippen LogP contribution in [0.2, 0.25) is 0 Å². The molecule has 0 fully saturated rings. The number of anilines is 1. The summed E-state index contributed by atoms with van der Waals surface area (Å²) in [5, 5.41) is 7.22. The Morgan fingerprint density at radius 1 is 1.15 bits per heavy atom. The summed E-state index contributed by atoms with van der Waals surface area (Å²) in [5.74, 6) is -0.0669. The number of nitrogens with one attached hydrogen (secondary N) is 1. The fourth-order valence-electron chi connectivity index (χ4n) is 3.96. The van der Waals surface area contributed by atoms with E-state index >= 15 is 0 Å². The topological polar surface area (TPSA) is 108 Å². The Kier molecular flexibility index (Phi) is 5.20. The molecule has 2 aromatic carbocycles. The molecule has 1 amide bonds. The van der Waals surface area contributed by atoms with E-state index in [1.807, 2.05) is 25.1 Å². The van der Waals surface area contributed by atoms with Crippen LogP contribution >= 0.6 is 0 Å². The lowest BCUT2D eigenvalue weighted by atomic mass is 10.1. The highest BCUT2D eigenvalue weighted by molar-refractivity contribution is 6.06. The predicted octanol–water partition coefficient (Wildman–Crippen LogP) is 3.49. The third-order valence-corrected chi connectivity index (χ3v) is 5.61. The minimum atomic E-state index is -0.409. The highest BCUT2D eigenvalue weighted by atomic mass is 19.1. The Labute approximate surface area is 192 Å². The zero-order valence-corrected chi connectivity index (χ0v) is 18.8. The van der Waals surface area contributed by atoms with Crippen LogP contribution in [0, 0.1) is 26.6 Å². The summed E-state index contributed by atoms with van der Waals surface area (Å²) >= 11 is 0. The first-order chi connectivity index (χ1) is 16.3. The first-order valence-electron chi connectivity index (χ1n) is 10.6. The van der Waals surface area contributed by atoms with Gasteiger partial charge in [-0.3, -0.25) is 14.2 Å². The molecule has 3 aromatic heterocycles. The fraction of sp³-hybridized carbons (Fsp3) is 0.208. The Morgan fingerprint density at radius 2 is 1.97 bits per heavy atom. The first kappa shape index (κ1) is 21.5. The van der Waals surface area contributed by atoms with Gasteiger partial charge in [0.15, 0.2) is 5.82 Å². The van der Waals surface area contributed by atoms with Crippen molar-refractivity contribution in [2.24, 2.45) is 0 Å². The van der Waals surface area contributed by atoms with Crippen LogP contribution in [0.4, 0.5) is 10.1 Å². The van der Waals surface area contributed by atoms with Crippen LogP contribution in [-0.2, 0) is 17.9 Å². The van der Waals surface area contributed by atoms with Gasteiger partial charge in [0.25, 0.3) is 5.56 Å². The summed E-state index contributed by atoms with van der Waals surface area (Å²) < 4.78 is 22.1. The molecule has 0 spiro atoms.